The highest BCUT2D eigenvalue weighted by Crippen LogP contribution is 2.28. The van der Waals surface area contributed by atoms with Crippen LogP contribution in [0.3, 0.4) is 0 Å². The summed E-state index contributed by atoms with van der Waals surface area (Å²) in [7, 11) is 1.43. The molecule has 3 aromatic carbocycles. The van der Waals surface area contributed by atoms with Crippen LogP contribution < -0.4 is 19.6 Å². The van der Waals surface area contributed by atoms with Crippen LogP contribution in [0.1, 0.15) is 15.9 Å². The highest BCUT2D eigenvalue weighted by Gasteiger charge is 2.13. The summed E-state index contributed by atoms with van der Waals surface area (Å²) in [4.78, 5) is 34.4. The van der Waals surface area contributed by atoms with Crippen LogP contribution in [0.15, 0.2) is 76.3 Å². The van der Waals surface area contributed by atoms with Crippen LogP contribution in [0.4, 0.5) is 5.69 Å². The number of hydrazone groups is 1. The highest BCUT2D eigenvalue weighted by molar-refractivity contribution is 9.10. The zero-order valence-corrected chi connectivity index (χ0v) is 19.4. The minimum atomic E-state index is -0.540. The number of benzene rings is 3. The quantitative estimate of drug-likeness (QED) is 0.145. The largest absolute Gasteiger partial charge is 0.493 e. The first kappa shape index (κ1) is 24.4. The Hall–Kier alpha value is -4.25. The van der Waals surface area contributed by atoms with Crippen molar-refractivity contribution in [3.05, 3.63) is 92.4 Å². The van der Waals surface area contributed by atoms with E-state index in [0.29, 0.717) is 22.6 Å². The van der Waals surface area contributed by atoms with E-state index in [4.69, 9.17) is 14.2 Å². The van der Waals surface area contributed by atoms with E-state index in [-0.39, 0.29) is 18.0 Å². The molecule has 0 fully saturated rings. The molecule has 10 nitrogen and oxygen atoms in total. The summed E-state index contributed by atoms with van der Waals surface area (Å²) in [5.41, 5.74) is 3.19. The van der Waals surface area contributed by atoms with Crippen molar-refractivity contribution in [1.82, 2.24) is 5.43 Å². The molecule has 11 heteroatoms. The van der Waals surface area contributed by atoms with E-state index in [1.165, 1.54) is 37.6 Å². The fourth-order valence-corrected chi connectivity index (χ4v) is 3.05. The van der Waals surface area contributed by atoms with Gasteiger partial charge in [-0.05, 0) is 54.1 Å². The summed E-state index contributed by atoms with van der Waals surface area (Å²) in [6.07, 6.45) is 1.38. The number of nitrogens with one attached hydrogen (secondary N) is 1. The van der Waals surface area contributed by atoms with Gasteiger partial charge in [0.2, 0.25) is 0 Å². The van der Waals surface area contributed by atoms with Crippen molar-refractivity contribution >= 4 is 39.7 Å². The molecule has 1 amide bonds. The summed E-state index contributed by atoms with van der Waals surface area (Å²) in [5, 5.41) is 14.5. The van der Waals surface area contributed by atoms with E-state index in [0.717, 1.165) is 4.47 Å². The number of carbonyl (C=O) groups is 2. The van der Waals surface area contributed by atoms with Crippen LogP contribution in [0.25, 0.3) is 0 Å². The molecule has 0 saturated heterocycles. The Bertz CT molecular complexity index is 1230. The number of nitro benzene ring substituents is 1. The Kier molecular flexibility index (Phi) is 8.30. The van der Waals surface area contributed by atoms with Crippen molar-refractivity contribution in [3.8, 4) is 17.2 Å². The summed E-state index contributed by atoms with van der Waals surface area (Å²) < 4.78 is 16.7. The average Bonchev–Trinajstić information content (AvgIpc) is 2.83. The molecule has 0 atom stereocenters. The second-order valence-electron chi connectivity index (χ2n) is 6.64. The number of non-ortho nitro benzene ring substituents is 1. The molecule has 3 rings (SSSR count). The van der Waals surface area contributed by atoms with Gasteiger partial charge in [0.15, 0.2) is 18.1 Å². The van der Waals surface area contributed by atoms with Crippen LogP contribution >= 0.6 is 15.9 Å². The van der Waals surface area contributed by atoms with E-state index in [9.17, 15) is 19.7 Å². The summed E-state index contributed by atoms with van der Waals surface area (Å²) in [6.45, 7) is -0.330. The molecule has 0 heterocycles. The predicted octanol–water partition coefficient (Wildman–Crippen LogP) is 4.11. The van der Waals surface area contributed by atoms with Gasteiger partial charge in [-0.2, -0.15) is 5.10 Å². The normalized spacial score (nSPS) is 10.5. The van der Waals surface area contributed by atoms with Gasteiger partial charge in [-0.1, -0.05) is 22.0 Å². The lowest BCUT2D eigenvalue weighted by molar-refractivity contribution is -0.384. The van der Waals surface area contributed by atoms with Crippen molar-refractivity contribution < 1.29 is 28.7 Å². The smallest absolute Gasteiger partial charge is 0.343 e. The first-order chi connectivity index (χ1) is 16.4. The molecule has 0 radical (unpaired) electrons. The molecular weight excluding hydrogens is 510 g/mol. The van der Waals surface area contributed by atoms with E-state index in [2.05, 4.69) is 26.5 Å². The number of hydrogen-bond acceptors (Lipinski definition) is 8. The second kappa shape index (κ2) is 11.6. The number of amides is 1. The molecule has 0 bridgehead atoms. The minimum Gasteiger partial charge on any atom is -0.493 e. The van der Waals surface area contributed by atoms with Crippen molar-refractivity contribution in [2.24, 2.45) is 5.10 Å². The third kappa shape index (κ3) is 6.87. The number of esters is 1. The summed E-state index contributed by atoms with van der Waals surface area (Å²) in [5.74, 6) is -0.227. The van der Waals surface area contributed by atoms with Gasteiger partial charge in [-0.3, -0.25) is 14.9 Å². The number of nitrogens with zero attached hydrogens (tertiary/aromatic N) is 2. The van der Waals surface area contributed by atoms with Crippen molar-refractivity contribution in [1.29, 1.82) is 0 Å². The Morgan fingerprint density at radius 1 is 1.09 bits per heavy atom. The zero-order chi connectivity index (χ0) is 24.5. The molecule has 0 aliphatic rings. The lowest BCUT2D eigenvalue weighted by atomic mass is 10.2. The van der Waals surface area contributed by atoms with E-state index in [1.54, 1.807) is 42.5 Å². The second-order valence-corrected chi connectivity index (χ2v) is 7.56. The van der Waals surface area contributed by atoms with E-state index >= 15 is 0 Å². The van der Waals surface area contributed by atoms with E-state index in [1.807, 2.05) is 0 Å². The third-order valence-electron chi connectivity index (χ3n) is 4.27. The van der Waals surface area contributed by atoms with Gasteiger partial charge in [0.05, 0.1) is 23.8 Å². The van der Waals surface area contributed by atoms with Crippen molar-refractivity contribution in [2.75, 3.05) is 13.7 Å². The van der Waals surface area contributed by atoms with Crippen LogP contribution in [0, 0.1) is 10.1 Å². The maximum Gasteiger partial charge on any atom is 0.343 e. The maximum absolute atomic E-state index is 12.4. The Labute approximate surface area is 202 Å². The minimum absolute atomic E-state index is 0.0780. The molecule has 174 valence electrons. The van der Waals surface area contributed by atoms with Crippen LogP contribution in [-0.2, 0) is 4.79 Å². The fraction of sp³-hybridized carbons (Fsp3) is 0.0870. The Morgan fingerprint density at radius 2 is 1.85 bits per heavy atom. The number of hydrogen-bond donors (Lipinski definition) is 1. The monoisotopic (exact) mass is 527 g/mol. The maximum atomic E-state index is 12.4. The van der Waals surface area contributed by atoms with Crippen LogP contribution in [0.5, 0.6) is 17.2 Å². The first-order valence-electron chi connectivity index (χ1n) is 9.70. The van der Waals surface area contributed by atoms with Gasteiger partial charge < -0.3 is 14.2 Å². The number of nitro groups is 1. The zero-order valence-electron chi connectivity index (χ0n) is 17.8. The Balaban J connectivity index is 1.54. The van der Waals surface area contributed by atoms with Gasteiger partial charge in [0, 0.05) is 16.6 Å². The number of ether oxygens (including phenoxy) is 3. The highest BCUT2D eigenvalue weighted by atomic mass is 79.9. The van der Waals surface area contributed by atoms with Gasteiger partial charge in [0.25, 0.3) is 11.6 Å². The van der Waals surface area contributed by atoms with Gasteiger partial charge in [-0.15, -0.1) is 0 Å². The summed E-state index contributed by atoms with van der Waals surface area (Å²) >= 11 is 3.31. The standard InChI is InChI=1S/C23H18BrN3O7/c1-32-21-11-15(5-10-20(21)34-23(29)16-3-2-4-17(24)12-16)13-25-26-22(28)14-33-19-8-6-18(7-9-19)27(30)31/h2-13H,14H2,1H3,(H,26,28)/b25-13+. The molecule has 1 N–H and O–H groups in total. The predicted molar refractivity (Wildman–Crippen MR) is 126 cm³/mol. The molecule has 0 aliphatic heterocycles. The average molecular weight is 528 g/mol. The number of halogens is 1. The van der Waals surface area contributed by atoms with E-state index < -0.39 is 16.8 Å². The molecule has 0 unspecified atom stereocenters. The van der Waals surface area contributed by atoms with Gasteiger partial charge in [0.1, 0.15) is 5.75 Å². The molecule has 34 heavy (non-hydrogen) atoms. The van der Waals surface area contributed by atoms with Crippen molar-refractivity contribution in [3.63, 3.8) is 0 Å². The molecule has 0 aliphatic carbocycles. The number of methoxy groups -OCH3 is 1. The summed E-state index contributed by atoms with van der Waals surface area (Å²) in [6, 6.07) is 16.9. The molecule has 0 aromatic heterocycles. The lowest BCUT2D eigenvalue weighted by Crippen LogP contribution is -2.24. The molecule has 3 aromatic rings. The number of carbonyl (C=O) groups excluding carboxylic acids is 2. The van der Waals surface area contributed by atoms with Gasteiger partial charge in [-0.25, -0.2) is 10.2 Å². The topological polar surface area (TPSA) is 129 Å². The first-order valence-corrected chi connectivity index (χ1v) is 10.5. The van der Waals surface area contributed by atoms with Crippen LogP contribution in [0.2, 0.25) is 0 Å². The third-order valence-corrected chi connectivity index (χ3v) is 4.76. The molecule has 0 saturated carbocycles. The van der Waals surface area contributed by atoms with Crippen LogP contribution in [-0.4, -0.2) is 36.7 Å². The fourth-order valence-electron chi connectivity index (χ4n) is 2.65. The SMILES string of the molecule is COc1cc(/C=N/NC(=O)COc2ccc([N+](=O)[O-])cc2)ccc1OC(=O)c1cccc(Br)c1. The molecule has 0 spiro atoms. The van der Waals surface area contributed by atoms with Gasteiger partial charge >= 0.3 is 5.97 Å². The molecular formula is C23H18BrN3O7. The Morgan fingerprint density at radius 3 is 2.53 bits per heavy atom. The lowest BCUT2D eigenvalue weighted by Gasteiger charge is -2.10. The van der Waals surface area contributed by atoms with Crippen molar-refractivity contribution in [2.45, 2.75) is 0 Å². The number of rotatable bonds is 9.